The first-order chi connectivity index (χ1) is 8.08. The molecule has 0 saturated heterocycles. The van der Waals surface area contributed by atoms with Crippen LogP contribution in [0.2, 0.25) is 0 Å². The summed E-state index contributed by atoms with van der Waals surface area (Å²) in [6, 6.07) is 4.33. The molecule has 0 radical (unpaired) electrons. The summed E-state index contributed by atoms with van der Waals surface area (Å²) in [7, 11) is 0. The average Bonchev–Trinajstić information content (AvgIpc) is 2.88. The Kier molecular flexibility index (Phi) is 4.07. The maximum Gasteiger partial charge on any atom is 0.0574 e. The van der Waals surface area contributed by atoms with Crippen molar-refractivity contribution >= 4 is 27.3 Å². The number of aromatic nitrogens is 1. The van der Waals surface area contributed by atoms with E-state index in [1.54, 1.807) is 11.3 Å². The van der Waals surface area contributed by atoms with Crippen molar-refractivity contribution in [2.45, 2.75) is 26.4 Å². The van der Waals surface area contributed by atoms with Crippen LogP contribution in [-0.2, 0) is 6.54 Å². The molecule has 2 heterocycles. The standard InChI is InChI=1S/C13H17BrN2S/c1-9(2)13(15)10-3-5-16(7-10)8-12-11(14)4-6-17-12/h3-7,9,13H,8,15H2,1-2H3. The van der Waals surface area contributed by atoms with Gasteiger partial charge in [0.1, 0.15) is 0 Å². The largest absolute Gasteiger partial charge is 0.349 e. The lowest BCUT2D eigenvalue weighted by Crippen LogP contribution is -2.15. The van der Waals surface area contributed by atoms with Gasteiger partial charge in [0.15, 0.2) is 0 Å². The minimum atomic E-state index is 0.128. The van der Waals surface area contributed by atoms with E-state index in [0.717, 1.165) is 6.54 Å². The van der Waals surface area contributed by atoms with Gasteiger partial charge in [-0.25, -0.2) is 0 Å². The molecule has 0 bridgehead atoms. The lowest BCUT2D eigenvalue weighted by molar-refractivity contribution is 0.513. The molecule has 0 aliphatic carbocycles. The van der Waals surface area contributed by atoms with Gasteiger partial charge in [-0.3, -0.25) is 0 Å². The van der Waals surface area contributed by atoms with Gasteiger partial charge in [0.05, 0.1) is 6.54 Å². The monoisotopic (exact) mass is 312 g/mol. The van der Waals surface area contributed by atoms with Gasteiger partial charge < -0.3 is 10.3 Å². The lowest BCUT2D eigenvalue weighted by Gasteiger charge is -2.13. The second kappa shape index (κ2) is 5.38. The van der Waals surface area contributed by atoms with E-state index in [9.17, 15) is 0 Å². The SMILES string of the molecule is CC(C)C(N)c1ccn(Cc2sccc2Br)c1. The molecule has 17 heavy (non-hydrogen) atoms. The summed E-state index contributed by atoms with van der Waals surface area (Å²) in [5.41, 5.74) is 7.35. The van der Waals surface area contributed by atoms with E-state index < -0.39 is 0 Å². The summed E-state index contributed by atoms with van der Waals surface area (Å²) >= 11 is 5.32. The van der Waals surface area contributed by atoms with Gasteiger partial charge in [-0.15, -0.1) is 11.3 Å². The second-order valence-corrected chi connectivity index (χ2v) is 6.43. The zero-order valence-electron chi connectivity index (χ0n) is 10.1. The summed E-state index contributed by atoms with van der Waals surface area (Å²) in [5, 5.41) is 2.10. The van der Waals surface area contributed by atoms with Gasteiger partial charge in [-0.2, -0.15) is 0 Å². The smallest absolute Gasteiger partial charge is 0.0574 e. The zero-order valence-corrected chi connectivity index (χ0v) is 12.5. The quantitative estimate of drug-likeness (QED) is 0.908. The van der Waals surface area contributed by atoms with Gasteiger partial charge in [0.2, 0.25) is 0 Å². The summed E-state index contributed by atoms with van der Waals surface area (Å²) in [6.45, 7) is 5.21. The van der Waals surface area contributed by atoms with Crippen molar-refractivity contribution in [1.82, 2.24) is 4.57 Å². The van der Waals surface area contributed by atoms with E-state index in [0.29, 0.717) is 5.92 Å². The maximum atomic E-state index is 6.13. The first-order valence-electron chi connectivity index (χ1n) is 5.71. The molecule has 2 rings (SSSR count). The van der Waals surface area contributed by atoms with Crippen LogP contribution >= 0.6 is 27.3 Å². The Morgan fingerprint density at radius 3 is 2.76 bits per heavy atom. The van der Waals surface area contributed by atoms with Crippen LogP contribution in [0.3, 0.4) is 0 Å². The maximum absolute atomic E-state index is 6.13. The summed E-state index contributed by atoms with van der Waals surface area (Å²) in [5.74, 6) is 0.472. The minimum Gasteiger partial charge on any atom is -0.349 e. The molecule has 0 spiro atoms. The lowest BCUT2D eigenvalue weighted by atomic mass is 10.00. The molecule has 0 amide bonds. The fraction of sp³-hybridized carbons (Fsp3) is 0.385. The Bertz CT molecular complexity index is 487. The first-order valence-corrected chi connectivity index (χ1v) is 7.38. The fourth-order valence-corrected chi connectivity index (χ4v) is 3.23. The molecule has 0 fully saturated rings. The van der Waals surface area contributed by atoms with Crippen LogP contribution in [0.25, 0.3) is 0 Å². The van der Waals surface area contributed by atoms with Crippen molar-refractivity contribution in [3.63, 3.8) is 0 Å². The molecule has 2 N–H and O–H groups in total. The van der Waals surface area contributed by atoms with Crippen molar-refractivity contribution in [2.24, 2.45) is 11.7 Å². The number of nitrogens with two attached hydrogens (primary N) is 1. The Morgan fingerprint density at radius 1 is 1.41 bits per heavy atom. The molecule has 0 aliphatic rings. The van der Waals surface area contributed by atoms with Gasteiger partial charge >= 0.3 is 0 Å². The predicted molar refractivity (Wildman–Crippen MR) is 77.3 cm³/mol. The zero-order chi connectivity index (χ0) is 12.4. The molecule has 0 saturated carbocycles. The third-order valence-electron chi connectivity index (χ3n) is 2.89. The average molecular weight is 313 g/mol. The normalized spacial score (nSPS) is 13.2. The van der Waals surface area contributed by atoms with E-state index in [-0.39, 0.29) is 6.04 Å². The first kappa shape index (κ1) is 12.9. The number of thiophene rings is 1. The van der Waals surface area contributed by atoms with Crippen molar-refractivity contribution in [2.75, 3.05) is 0 Å². The van der Waals surface area contributed by atoms with Gasteiger partial charge in [0.25, 0.3) is 0 Å². The van der Waals surface area contributed by atoms with E-state index in [2.05, 4.69) is 64.3 Å². The van der Waals surface area contributed by atoms with Crippen molar-refractivity contribution in [3.8, 4) is 0 Å². The summed E-state index contributed by atoms with van der Waals surface area (Å²) < 4.78 is 3.37. The van der Waals surface area contributed by atoms with Crippen LogP contribution in [0.15, 0.2) is 34.4 Å². The molecule has 0 aliphatic heterocycles. The molecular formula is C13H17BrN2S. The number of nitrogens with zero attached hydrogens (tertiary/aromatic N) is 1. The highest BCUT2D eigenvalue weighted by molar-refractivity contribution is 9.10. The highest BCUT2D eigenvalue weighted by Gasteiger charge is 2.12. The highest BCUT2D eigenvalue weighted by atomic mass is 79.9. The molecule has 2 nitrogen and oxygen atoms in total. The van der Waals surface area contributed by atoms with Crippen LogP contribution in [0.4, 0.5) is 0 Å². The second-order valence-electron chi connectivity index (χ2n) is 4.58. The van der Waals surface area contributed by atoms with Crippen molar-refractivity contribution < 1.29 is 0 Å². The molecule has 1 unspecified atom stereocenters. The number of rotatable bonds is 4. The summed E-state index contributed by atoms with van der Waals surface area (Å²) in [4.78, 5) is 1.34. The fourth-order valence-electron chi connectivity index (χ4n) is 1.74. The third kappa shape index (κ3) is 3.00. The van der Waals surface area contributed by atoms with E-state index >= 15 is 0 Å². The van der Waals surface area contributed by atoms with E-state index in [4.69, 9.17) is 5.73 Å². The van der Waals surface area contributed by atoms with E-state index in [1.165, 1.54) is 14.9 Å². The van der Waals surface area contributed by atoms with Crippen molar-refractivity contribution in [1.29, 1.82) is 0 Å². The molecule has 2 aromatic rings. The number of halogens is 1. The van der Waals surface area contributed by atoms with Crippen LogP contribution in [0.1, 0.15) is 30.3 Å². The van der Waals surface area contributed by atoms with Crippen LogP contribution in [-0.4, -0.2) is 4.57 Å². The predicted octanol–water partition coefficient (Wildman–Crippen LogP) is 4.02. The molecule has 4 heteroatoms. The minimum absolute atomic E-state index is 0.128. The van der Waals surface area contributed by atoms with Gasteiger partial charge in [-0.1, -0.05) is 13.8 Å². The Hall–Kier alpha value is -0.580. The van der Waals surface area contributed by atoms with Crippen LogP contribution in [0.5, 0.6) is 0 Å². The summed E-state index contributed by atoms with van der Waals surface area (Å²) in [6.07, 6.45) is 4.25. The van der Waals surface area contributed by atoms with Gasteiger partial charge in [0, 0.05) is 27.8 Å². The van der Waals surface area contributed by atoms with Crippen molar-refractivity contribution in [3.05, 3.63) is 44.8 Å². The molecule has 1 atom stereocenters. The Morgan fingerprint density at radius 2 is 2.18 bits per heavy atom. The van der Waals surface area contributed by atoms with Crippen LogP contribution < -0.4 is 5.73 Å². The number of hydrogen-bond donors (Lipinski definition) is 1. The Balaban J connectivity index is 2.11. The number of hydrogen-bond acceptors (Lipinski definition) is 2. The molecular weight excluding hydrogens is 296 g/mol. The third-order valence-corrected chi connectivity index (χ3v) is 4.80. The Labute approximate surface area is 115 Å². The van der Waals surface area contributed by atoms with Gasteiger partial charge in [-0.05, 0) is 44.9 Å². The van der Waals surface area contributed by atoms with Crippen LogP contribution in [0, 0.1) is 5.92 Å². The molecule has 92 valence electrons. The topological polar surface area (TPSA) is 30.9 Å². The molecule has 2 aromatic heterocycles. The van der Waals surface area contributed by atoms with E-state index in [1.807, 2.05) is 0 Å². The molecule has 0 aromatic carbocycles. The highest BCUT2D eigenvalue weighted by Crippen LogP contribution is 2.25.